The molecule has 2 heterocycles. The second-order valence-corrected chi connectivity index (χ2v) is 5.58. The standard InChI is InChI=1S/C16H19N5O2.ClH/c17-15(22)11-3-5-12(6-4-11)19-16(23)14-7-9-21(20-14)13-2-1-8-18-10-13;/h3-7,9,13,18H,1-2,8,10H2,(H2,17,22)(H,19,23);1H. The molecule has 0 saturated carbocycles. The Morgan fingerprint density at radius 2 is 2.00 bits per heavy atom. The lowest BCUT2D eigenvalue weighted by Gasteiger charge is -2.22. The normalized spacial score (nSPS) is 16.9. The number of carbonyl (C=O) groups excluding carboxylic acids is 2. The number of nitrogens with one attached hydrogen (secondary N) is 2. The third-order valence-electron chi connectivity index (χ3n) is 3.91. The molecule has 2 aromatic rings. The molecule has 2 amide bonds. The lowest BCUT2D eigenvalue weighted by atomic mass is 10.1. The summed E-state index contributed by atoms with van der Waals surface area (Å²) in [7, 11) is 0. The van der Waals surface area contributed by atoms with Gasteiger partial charge in [-0.05, 0) is 49.7 Å². The van der Waals surface area contributed by atoms with Crippen molar-refractivity contribution in [3.63, 3.8) is 0 Å². The first kappa shape index (κ1) is 18.0. The van der Waals surface area contributed by atoms with E-state index in [1.165, 1.54) is 0 Å². The number of carbonyl (C=O) groups is 2. The second-order valence-electron chi connectivity index (χ2n) is 5.58. The molecule has 8 heteroatoms. The average Bonchev–Trinajstić information content (AvgIpc) is 3.06. The van der Waals surface area contributed by atoms with E-state index in [4.69, 9.17) is 5.73 Å². The summed E-state index contributed by atoms with van der Waals surface area (Å²) in [6.45, 7) is 1.91. The summed E-state index contributed by atoms with van der Waals surface area (Å²) in [6.07, 6.45) is 4.01. The molecule has 1 aromatic heterocycles. The Labute approximate surface area is 146 Å². The number of aromatic nitrogens is 2. The van der Waals surface area contributed by atoms with Gasteiger partial charge in [-0.2, -0.15) is 5.10 Å². The Balaban J connectivity index is 0.00000208. The zero-order chi connectivity index (χ0) is 16.2. The Morgan fingerprint density at radius 1 is 1.25 bits per heavy atom. The fourth-order valence-corrected chi connectivity index (χ4v) is 2.63. The van der Waals surface area contributed by atoms with E-state index in [1.807, 2.05) is 10.9 Å². The molecule has 0 radical (unpaired) electrons. The van der Waals surface area contributed by atoms with Gasteiger partial charge in [0.05, 0.1) is 6.04 Å². The highest BCUT2D eigenvalue weighted by Gasteiger charge is 2.17. The highest BCUT2D eigenvalue weighted by molar-refractivity contribution is 6.03. The first-order valence-corrected chi connectivity index (χ1v) is 7.60. The molecule has 1 unspecified atom stereocenters. The van der Waals surface area contributed by atoms with Gasteiger partial charge in [0, 0.05) is 24.0 Å². The lowest BCUT2D eigenvalue weighted by Crippen LogP contribution is -2.32. The minimum absolute atomic E-state index is 0. The number of hydrogen-bond acceptors (Lipinski definition) is 4. The fraction of sp³-hybridized carbons (Fsp3) is 0.312. The van der Waals surface area contributed by atoms with E-state index in [2.05, 4.69) is 15.7 Å². The molecule has 4 N–H and O–H groups in total. The summed E-state index contributed by atoms with van der Waals surface area (Å²) >= 11 is 0. The third kappa shape index (κ3) is 4.12. The van der Waals surface area contributed by atoms with E-state index in [9.17, 15) is 9.59 Å². The molecular formula is C16H20ClN5O2. The van der Waals surface area contributed by atoms with Crippen LogP contribution >= 0.6 is 12.4 Å². The number of nitrogens with zero attached hydrogens (tertiary/aromatic N) is 2. The summed E-state index contributed by atoms with van der Waals surface area (Å²) in [4.78, 5) is 23.3. The first-order valence-electron chi connectivity index (χ1n) is 7.60. The Morgan fingerprint density at radius 3 is 2.62 bits per heavy atom. The molecule has 3 rings (SSSR count). The van der Waals surface area contributed by atoms with Crippen LogP contribution in [0, 0.1) is 0 Å². The van der Waals surface area contributed by atoms with Crippen molar-refractivity contribution in [2.75, 3.05) is 18.4 Å². The summed E-state index contributed by atoms with van der Waals surface area (Å²) in [6, 6.07) is 8.43. The maximum atomic E-state index is 12.2. The van der Waals surface area contributed by atoms with E-state index >= 15 is 0 Å². The molecule has 128 valence electrons. The quantitative estimate of drug-likeness (QED) is 0.779. The van der Waals surface area contributed by atoms with Crippen LogP contribution in [-0.2, 0) is 0 Å². The van der Waals surface area contributed by atoms with Crippen LogP contribution in [0.1, 0.15) is 39.7 Å². The van der Waals surface area contributed by atoms with Crippen LogP contribution in [0.25, 0.3) is 0 Å². The average molecular weight is 350 g/mol. The molecule has 1 aromatic carbocycles. The van der Waals surface area contributed by atoms with Gasteiger partial charge in [0.1, 0.15) is 0 Å². The van der Waals surface area contributed by atoms with Crippen molar-refractivity contribution in [2.24, 2.45) is 5.73 Å². The molecule has 1 aliphatic heterocycles. The van der Waals surface area contributed by atoms with Gasteiger partial charge in [-0.3, -0.25) is 14.3 Å². The van der Waals surface area contributed by atoms with Crippen LogP contribution < -0.4 is 16.4 Å². The number of primary amides is 1. The van der Waals surface area contributed by atoms with Crippen molar-refractivity contribution in [2.45, 2.75) is 18.9 Å². The van der Waals surface area contributed by atoms with Crippen LogP contribution in [0.2, 0.25) is 0 Å². The summed E-state index contributed by atoms with van der Waals surface area (Å²) < 4.78 is 1.84. The van der Waals surface area contributed by atoms with Crippen LogP contribution in [0.4, 0.5) is 5.69 Å². The van der Waals surface area contributed by atoms with E-state index in [-0.39, 0.29) is 18.3 Å². The number of nitrogens with two attached hydrogens (primary N) is 1. The fourth-order valence-electron chi connectivity index (χ4n) is 2.63. The van der Waals surface area contributed by atoms with E-state index < -0.39 is 5.91 Å². The second kappa shape index (κ2) is 7.94. The van der Waals surface area contributed by atoms with Crippen LogP contribution in [-0.4, -0.2) is 34.7 Å². The Bertz CT molecular complexity index is 708. The molecule has 1 fully saturated rings. The van der Waals surface area contributed by atoms with E-state index in [1.54, 1.807) is 30.3 Å². The minimum atomic E-state index is -0.497. The van der Waals surface area contributed by atoms with E-state index in [0.717, 1.165) is 25.9 Å². The number of amides is 2. The number of benzene rings is 1. The Kier molecular flexibility index (Phi) is 5.94. The van der Waals surface area contributed by atoms with Gasteiger partial charge >= 0.3 is 0 Å². The smallest absolute Gasteiger partial charge is 0.276 e. The van der Waals surface area contributed by atoms with Crippen molar-refractivity contribution in [3.8, 4) is 0 Å². The van der Waals surface area contributed by atoms with Crippen LogP contribution in [0.5, 0.6) is 0 Å². The SMILES string of the molecule is Cl.NC(=O)c1ccc(NC(=O)c2ccn(C3CCCNC3)n2)cc1. The highest BCUT2D eigenvalue weighted by Crippen LogP contribution is 2.16. The predicted octanol–water partition coefficient (Wildman–Crippen LogP) is 1.58. The molecule has 0 aliphatic carbocycles. The maximum Gasteiger partial charge on any atom is 0.276 e. The number of halogens is 1. The predicted molar refractivity (Wildman–Crippen MR) is 93.5 cm³/mol. The maximum absolute atomic E-state index is 12.2. The molecule has 24 heavy (non-hydrogen) atoms. The zero-order valence-corrected chi connectivity index (χ0v) is 13.9. The number of rotatable bonds is 4. The van der Waals surface area contributed by atoms with Crippen LogP contribution in [0.3, 0.4) is 0 Å². The van der Waals surface area contributed by atoms with Crippen molar-refractivity contribution in [3.05, 3.63) is 47.8 Å². The summed E-state index contributed by atoms with van der Waals surface area (Å²) in [5.74, 6) is -0.776. The molecule has 0 bridgehead atoms. The highest BCUT2D eigenvalue weighted by atomic mass is 35.5. The third-order valence-corrected chi connectivity index (χ3v) is 3.91. The van der Waals surface area contributed by atoms with Gasteiger partial charge in [-0.1, -0.05) is 0 Å². The van der Waals surface area contributed by atoms with Crippen molar-refractivity contribution >= 4 is 29.9 Å². The van der Waals surface area contributed by atoms with Crippen molar-refractivity contribution in [1.29, 1.82) is 0 Å². The van der Waals surface area contributed by atoms with Gasteiger partial charge in [-0.15, -0.1) is 12.4 Å². The molecule has 1 saturated heterocycles. The topological polar surface area (TPSA) is 102 Å². The minimum Gasteiger partial charge on any atom is -0.366 e. The van der Waals surface area contributed by atoms with Crippen molar-refractivity contribution in [1.82, 2.24) is 15.1 Å². The van der Waals surface area contributed by atoms with Gasteiger partial charge in [0.2, 0.25) is 5.91 Å². The van der Waals surface area contributed by atoms with Crippen LogP contribution in [0.15, 0.2) is 36.5 Å². The largest absolute Gasteiger partial charge is 0.366 e. The molecule has 1 atom stereocenters. The van der Waals surface area contributed by atoms with Gasteiger partial charge in [0.15, 0.2) is 5.69 Å². The molecule has 1 aliphatic rings. The number of hydrogen-bond donors (Lipinski definition) is 3. The first-order chi connectivity index (χ1) is 11.1. The molecule has 7 nitrogen and oxygen atoms in total. The monoisotopic (exact) mass is 349 g/mol. The van der Waals surface area contributed by atoms with Gasteiger partial charge in [0.25, 0.3) is 5.91 Å². The van der Waals surface area contributed by atoms with E-state index in [0.29, 0.717) is 23.0 Å². The zero-order valence-electron chi connectivity index (χ0n) is 13.1. The number of anilines is 1. The van der Waals surface area contributed by atoms with Gasteiger partial charge < -0.3 is 16.4 Å². The lowest BCUT2D eigenvalue weighted by molar-refractivity contribution is 0.0997. The van der Waals surface area contributed by atoms with Gasteiger partial charge in [-0.25, -0.2) is 0 Å². The summed E-state index contributed by atoms with van der Waals surface area (Å²) in [5, 5.41) is 10.5. The van der Waals surface area contributed by atoms with Crippen molar-refractivity contribution < 1.29 is 9.59 Å². The summed E-state index contributed by atoms with van der Waals surface area (Å²) in [5.41, 5.74) is 6.55. The molecule has 0 spiro atoms. The molecular weight excluding hydrogens is 330 g/mol. The number of piperidine rings is 1. The Hall–Kier alpha value is -2.38.